The van der Waals surface area contributed by atoms with Gasteiger partial charge in [0.15, 0.2) is 24.0 Å². The summed E-state index contributed by atoms with van der Waals surface area (Å²) < 4.78 is 15.4. The van der Waals surface area contributed by atoms with Gasteiger partial charge in [0.1, 0.15) is 0 Å². The first kappa shape index (κ1) is 67.2. The minimum absolute atomic E-state index is 0. The molecule has 0 unspecified atom stereocenters. The molecule has 90 heavy (non-hydrogen) atoms. The summed E-state index contributed by atoms with van der Waals surface area (Å²) in [6, 6.07) is 65.6. The minimum Gasteiger partial charge on any atom is -0.585 e. The van der Waals surface area contributed by atoms with Crippen molar-refractivity contribution in [1.29, 1.82) is 0 Å². The molecular formula is C80H90N2O4S2SiZr. The van der Waals surface area contributed by atoms with Gasteiger partial charge in [0.05, 0.1) is 54.3 Å². The molecule has 0 bridgehead atoms. The van der Waals surface area contributed by atoms with Gasteiger partial charge in [-0.2, -0.15) is 49.2 Å². The maximum absolute atomic E-state index is 12.4. The van der Waals surface area contributed by atoms with Crippen LogP contribution in [0.5, 0.6) is 23.0 Å². The van der Waals surface area contributed by atoms with Crippen molar-refractivity contribution in [3.8, 4) is 55.3 Å². The van der Waals surface area contributed by atoms with Gasteiger partial charge in [-0.3, -0.25) is 0 Å². The van der Waals surface area contributed by atoms with Crippen molar-refractivity contribution in [3.63, 3.8) is 0 Å². The van der Waals surface area contributed by atoms with Crippen molar-refractivity contribution in [2.24, 2.45) is 0 Å². The molecule has 464 valence electrons. The number of aliphatic hydroxyl groups is 2. The second-order valence-electron chi connectivity index (χ2n) is 28.0. The molecule has 0 spiro atoms. The molecule has 0 saturated carbocycles. The number of benzene rings is 8. The second kappa shape index (κ2) is 26.9. The molecule has 6 nitrogen and oxygen atoms in total. The molecule has 4 N–H and O–H groups in total. The van der Waals surface area contributed by atoms with E-state index in [1.807, 2.05) is 72.8 Å². The quantitative estimate of drug-likeness (QED) is 0.0726. The van der Waals surface area contributed by atoms with E-state index in [4.69, 9.17) is 9.47 Å². The molecule has 0 aliphatic carbocycles. The number of hydrogen-bond acceptors (Lipinski definition) is 4. The molecule has 0 atom stereocenters. The molecule has 0 amide bonds. The molecule has 0 radical (unpaired) electrons. The molecule has 8 aromatic carbocycles. The van der Waals surface area contributed by atoms with Crippen LogP contribution in [0.25, 0.3) is 75.9 Å². The van der Waals surface area contributed by atoms with Crippen molar-refractivity contribution >= 4 is 74.4 Å². The Hall–Kier alpha value is -7.20. The summed E-state index contributed by atoms with van der Waals surface area (Å²) in [4.78, 5) is 1.63. The summed E-state index contributed by atoms with van der Waals surface area (Å²) in [6.07, 6.45) is 1.41. The molecular weight excluding hydrogens is 1240 g/mol. The van der Waals surface area contributed by atoms with Gasteiger partial charge in [-0.25, -0.2) is 0 Å². The predicted molar refractivity (Wildman–Crippen MR) is 388 cm³/mol. The third kappa shape index (κ3) is 14.1. The van der Waals surface area contributed by atoms with Gasteiger partial charge in [0.25, 0.3) is 19.6 Å². The molecule has 0 fully saturated rings. The van der Waals surface area contributed by atoms with Gasteiger partial charge in [-0.1, -0.05) is 158 Å². The molecule has 0 aliphatic heterocycles. The summed E-state index contributed by atoms with van der Waals surface area (Å²) in [7, 11) is -2.12. The zero-order valence-electron chi connectivity index (χ0n) is 55.2. The number of fused-ring (bicyclic) bond motifs is 6. The summed E-state index contributed by atoms with van der Waals surface area (Å²) in [5.74, 6) is 2.31. The third-order valence-corrected chi connectivity index (χ3v) is 24.3. The fourth-order valence-electron chi connectivity index (χ4n) is 11.6. The molecule has 0 aliphatic rings. The van der Waals surface area contributed by atoms with E-state index in [-0.39, 0.29) is 59.4 Å². The molecule has 12 rings (SSSR count). The minimum atomic E-state index is -2.12. The molecule has 10 heteroatoms. The maximum atomic E-state index is 12.4. The Bertz CT molecular complexity index is 4020. The van der Waals surface area contributed by atoms with Crippen molar-refractivity contribution in [2.75, 3.05) is 12.5 Å². The summed E-state index contributed by atoms with van der Waals surface area (Å²) in [5, 5.41) is 33.7. The monoisotopic (exact) mass is 1320 g/mol. The van der Waals surface area contributed by atoms with Crippen LogP contribution in [0.15, 0.2) is 193 Å². The number of thiophene rings is 2. The fraction of sp³-hybridized carbons (Fsp3) is 0.275. The largest absolute Gasteiger partial charge is 0.585 e. The summed E-state index contributed by atoms with van der Waals surface area (Å²) in [6.45, 7) is 39.2. The van der Waals surface area contributed by atoms with Gasteiger partial charge in [-0.05, 0) is 117 Å². The summed E-state index contributed by atoms with van der Waals surface area (Å²) >= 11 is 3.14. The van der Waals surface area contributed by atoms with E-state index in [0.29, 0.717) is 12.5 Å². The molecule has 12 aromatic rings. The predicted octanol–water partition coefficient (Wildman–Crippen LogP) is 22.4. The number of ether oxygens (including phenoxy) is 2. The van der Waals surface area contributed by atoms with Crippen LogP contribution in [-0.4, -0.2) is 49.4 Å². The zero-order valence-corrected chi connectivity index (χ0v) is 60.3. The Morgan fingerprint density at radius 2 is 0.678 bits per heavy atom. The number of aromatic nitrogens is 2. The fourth-order valence-corrected chi connectivity index (χ4v) is 16.1. The van der Waals surface area contributed by atoms with Gasteiger partial charge < -0.3 is 28.8 Å². The second-order valence-corrected chi connectivity index (χ2v) is 34.8. The first-order valence-electron chi connectivity index (χ1n) is 31.3. The van der Waals surface area contributed by atoms with Crippen molar-refractivity contribution in [1.82, 2.24) is 9.13 Å². The number of hydrogen-bond donors (Lipinski definition) is 2. The SMILES string of the molecule is CC[Si](CC)(C[OH+]c1ccccc1-c1scc(-n2c3ccc(C(C)(C)C)cc3c3cc(C(C)(C)C)ccc32)c1O)C[OH+]c1ccccc1-c1scc(-n2c3ccc(C(C)(C)C)cc3c3cc(C(C)(C)C)ccc32)c1O.[CH2-]c1ccccc1.[CH2-]c1ccccc1.[Zr]. The first-order valence-corrected chi connectivity index (χ1v) is 35.9. The van der Waals surface area contributed by atoms with Crippen molar-refractivity contribution < 1.29 is 45.9 Å². The Balaban J connectivity index is 0.000000565. The van der Waals surface area contributed by atoms with Crippen LogP contribution < -0.4 is 0 Å². The Kier molecular flexibility index (Phi) is 20.1. The Labute approximate surface area is 563 Å². The van der Waals surface area contributed by atoms with E-state index < -0.39 is 8.07 Å². The van der Waals surface area contributed by atoms with Crippen LogP contribution in [0.3, 0.4) is 0 Å². The van der Waals surface area contributed by atoms with E-state index >= 15 is 0 Å². The van der Waals surface area contributed by atoms with Crippen molar-refractivity contribution in [3.05, 3.63) is 240 Å². The Morgan fingerprint density at radius 1 is 0.400 bits per heavy atom. The number of para-hydroxylation sites is 2. The van der Waals surface area contributed by atoms with E-state index in [9.17, 15) is 10.2 Å². The van der Waals surface area contributed by atoms with Gasteiger partial charge >= 0.3 is 0 Å². The number of aromatic hydroxyl groups is 4. The third-order valence-electron chi connectivity index (χ3n) is 17.6. The van der Waals surface area contributed by atoms with E-state index in [1.54, 1.807) is 22.7 Å². The standard InChI is InChI=1S/C66H74N2O4S2Si.2C7H7.Zr/c1-15-75(16-2,39-71-57-23-19-17-21-45(57)61-59(69)55(37-73-61)67-51-29-25-41(63(3,4)5)33-47(51)48-34-42(64(6,7)8)26-30-52(48)67)40-72-58-24-20-18-22-46(58)62-60(70)56(38-74-62)68-53-31-27-43(65(9,10)11)35-49(53)50-36-44(66(12,13)14)28-32-54(50)68;2*1-7-5-3-2-4-6-7;/h17-38,69-70H,15-16,39-40H2,1-14H3;2*2-6H,1H2;/q;2*-1;/p+2. The number of rotatable bonds is 12. The van der Waals surface area contributed by atoms with Crippen LogP contribution >= 0.6 is 22.7 Å². The van der Waals surface area contributed by atoms with E-state index in [0.717, 1.165) is 89.0 Å². The maximum Gasteiger partial charge on any atom is 0.263 e. The smallest absolute Gasteiger partial charge is 0.263 e. The first-order chi connectivity index (χ1) is 42.2. The van der Waals surface area contributed by atoms with Gasteiger partial charge in [0, 0.05) is 70.6 Å². The molecule has 0 saturated heterocycles. The van der Waals surface area contributed by atoms with Crippen LogP contribution in [0.4, 0.5) is 0 Å². The van der Waals surface area contributed by atoms with E-state index in [2.05, 4.69) is 240 Å². The van der Waals surface area contributed by atoms with Crippen molar-refractivity contribution in [2.45, 2.75) is 131 Å². The average molecular weight is 1330 g/mol. The normalized spacial score (nSPS) is 12.2. The topological polar surface area (TPSA) is 75.9 Å². The van der Waals surface area contributed by atoms with Gasteiger partial charge in [0.2, 0.25) is 0 Å². The van der Waals surface area contributed by atoms with Crippen LogP contribution in [-0.2, 0) is 47.9 Å². The van der Waals surface area contributed by atoms with Crippen LogP contribution in [0.2, 0.25) is 12.1 Å². The summed E-state index contributed by atoms with van der Waals surface area (Å²) in [5.41, 5.74) is 15.0. The van der Waals surface area contributed by atoms with Gasteiger partial charge in [-0.15, -0.1) is 46.9 Å². The Morgan fingerprint density at radius 3 is 0.933 bits per heavy atom. The number of nitrogens with zero attached hydrogens (tertiary/aromatic N) is 2. The zero-order chi connectivity index (χ0) is 63.8. The molecule has 4 aromatic heterocycles. The van der Waals surface area contributed by atoms with E-state index in [1.165, 1.54) is 43.8 Å². The van der Waals surface area contributed by atoms with Crippen LogP contribution in [0, 0.1) is 13.8 Å². The average Bonchev–Trinajstić information content (AvgIpc) is 1.58. The van der Waals surface area contributed by atoms with Crippen LogP contribution in [0.1, 0.15) is 130 Å². The molecule has 4 heterocycles.